The number of alkyl halides is 2. The quantitative estimate of drug-likeness (QED) is 0.655. The first-order valence-electron chi connectivity index (χ1n) is 5.68. The van der Waals surface area contributed by atoms with Gasteiger partial charge in [-0.3, -0.25) is 0 Å². The first-order chi connectivity index (χ1) is 8.58. The summed E-state index contributed by atoms with van der Waals surface area (Å²) in [6.07, 6.45) is 1.67. The third-order valence-electron chi connectivity index (χ3n) is 3.03. The number of hydrogen-bond donors (Lipinski definition) is 1. The van der Waals surface area contributed by atoms with E-state index in [0.29, 0.717) is 0 Å². The van der Waals surface area contributed by atoms with E-state index in [-0.39, 0.29) is 12.5 Å². The van der Waals surface area contributed by atoms with Crippen LogP contribution < -0.4 is 0 Å². The molecular formula is C15H14Cl2O. The maximum Gasteiger partial charge on any atom is 0.151 e. The molecule has 0 aliphatic rings. The van der Waals surface area contributed by atoms with Crippen LogP contribution in [0.4, 0.5) is 0 Å². The Kier molecular flexibility index (Phi) is 3.96. The highest BCUT2D eigenvalue weighted by Crippen LogP contribution is 2.39. The fourth-order valence-corrected chi connectivity index (χ4v) is 2.48. The van der Waals surface area contributed by atoms with E-state index in [1.54, 1.807) is 6.08 Å². The van der Waals surface area contributed by atoms with Gasteiger partial charge in [-0.2, -0.15) is 0 Å². The summed E-state index contributed by atoms with van der Waals surface area (Å²) < 4.78 is -1.25. The van der Waals surface area contributed by atoms with Crippen molar-refractivity contribution in [2.75, 3.05) is 6.61 Å². The number of aliphatic hydroxyl groups excluding tert-OH is 1. The van der Waals surface area contributed by atoms with Gasteiger partial charge in [0, 0.05) is 5.92 Å². The molecule has 0 heterocycles. The van der Waals surface area contributed by atoms with Crippen molar-refractivity contribution in [3.8, 4) is 0 Å². The number of hydrogen-bond acceptors (Lipinski definition) is 1. The Labute approximate surface area is 117 Å². The third kappa shape index (κ3) is 2.54. The van der Waals surface area contributed by atoms with Crippen molar-refractivity contribution < 1.29 is 5.11 Å². The van der Waals surface area contributed by atoms with Gasteiger partial charge < -0.3 is 5.11 Å². The number of halogens is 2. The van der Waals surface area contributed by atoms with Crippen molar-refractivity contribution in [3.05, 3.63) is 60.7 Å². The molecule has 0 aromatic heterocycles. The standard InChI is InChI=1S/C15H14Cl2O/c1-2-14(15(16,17)10-18)13-8-7-11-5-3-4-6-12(11)9-13/h2-9,14,18H,1,10H2/t14-/m1/s1. The maximum atomic E-state index is 9.26. The summed E-state index contributed by atoms with van der Waals surface area (Å²) in [6.45, 7) is 3.43. The lowest BCUT2D eigenvalue weighted by Crippen LogP contribution is -2.26. The lowest BCUT2D eigenvalue weighted by molar-refractivity contribution is 0.272. The van der Waals surface area contributed by atoms with E-state index in [2.05, 4.69) is 6.58 Å². The van der Waals surface area contributed by atoms with Crippen LogP contribution in [0, 0.1) is 0 Å². The van der Waals surface area contributed by atoms with Gasteiger partial charge in [-0.15, -0.1) is 6.58 Å². The molecule has 0 bridgehead atoms. The highest BCUT2D eigenvalue weighted by Gasteiger charge is 2.33. The predicted octanol–water partition coefficient (Wildman–Crippen LogP) is 4.28. The summed E-state index contributed by atoms with van der Waals surface area (Å²) in [5.74, 6) is -0.310. The molecule has 0 spiro atoms. The van der Waals surface area contributed by atoms with Crippen LogP contribution in [0.5, 0.6) is 0 Å². The molecular weight excluding hydrogens is 267 g/mol. The van der Waals surface area contributed by atoms with Gasteiger partial charge in [0.05, 0.1) is 6.61 Å². The normalized spacial score (nSPS) is 13.5. The van der Waals surface area contributed by atoms with Gasteiger partial charge >= 0.3 is 0 Å². The lowest BCUT2D eigenvalue weighted by atomic mass is 9.93. The molecule has 0 aliphatic carbocycles. The Morgan fingerprint density at radius 1 is 1.17 bits per heavy atom. The zero-order chi connectivity index (χ0) is 13.2. The van der Waals surface area contributed by atoms with Crippen LogP contribution in [0.25, 0.3) is 10.8 Å². The van der Waals surface area contributed by atoms with Crippen LogP contribution in [0.3, 0.4) is 0 Å². The summed E-state index contributed by atoms with van der Waals surface area (Å²) in [5.41, 5.74) is 0.947. The largest absolute Gasteiger partial charge is 0.393 e. The lowest BCUT2D eigenvalue weighted by Gasteiger charge is -2.26. The molecule has 1 nitrogen and oxygen atoms in total. The minimum Gasteiger partial charge on any atom is -0.393 e. The molecule has 3 heteroatoms. The Hall–Kier alpha value is -1.02. The molecule has 0 amide bonds. The number of aliphatic hydroxyl groups is 1. The molecule has 94 valence electrons. The van der Waals surface area contributed by atoms with E-state index in [4.69, 9.17) is 23.2 Å². The number of benzene rings is 2. The highest BCUT2D eigenvalue weighted by atomic mass is 35.5. The van der Waals surface area contributed by atoms with Gasteiger partial charge in [0.2, 0.25) is 0 Å². The second kappa shape index (κ2) is 5.31. The molecule has 2 aromatic carbocycles. The Morgan fingerprint density at radius 3 is 2.44 bits per heavy atom. The van der Waals surface area contributed by atoms with Crippen molar-refractivity contribution in [1.82, 2.24) is 0 Å². The second-order valence-electron chi connectivity index (χ2n) is 4.24. The molecule has 0 fully saturated rings. The SMILES string of the molecule is C=C[C@H](c1ccc2ccccc2c1)C(Cl)(Cl)CO. The number of rotatable bonds is 4. The van der Waals surface area contributed by atoms with E-state index < -0.39 is 4.33 Å². The molecule has 2 rings (SSSR count). The molecule has 2 aromatic rings. The first-order valence-corrected chi connectivity index (χ1v) is 6.44. The van der Waals surface area contributed by atoms with Crippen molar-refractivity contribution in [2.24, 2.45) is 0 Å². The van der Waals surface area contributed by atoms with Gasteiger partial charge in [0.1, 0.15) is 0 Å². The van der Waals surface area contributed by atoms with Crippen LogP contribution in [0.15, 0.2) is 55.1 Å². The second-order valence-corrected chi connectivity index (χ2v) is 5.78. The first kappa shape index (κ1) is 13.4. The van der Waals surface area contributed by atoms with Gasteiger partial charge in [0.15, 0.2) is 4.33 Å². The molecule has 0 aliphatic heterocycles. The molecule has 0 saturated heterocycles. The minimum absolute atomic E-state index is 0.310. The van der Waals surface area contributed by atoms with Gasteiger partial charge in [-0.25, -0.2) is 0 Å². The van der Waals surface area contributed by atoms with Crippen LogP contribution >= 0.6 is 23.2 Å². The smallest absolute Gasteiger partial charge is 0.151 e. The monoisotopic (exact) mass is 280 g/mol. The van der Waals surface area contributed by atoms with Crippen molar-refractivity contribution >= 4 is 34.0 Å². The summed E-state index contributed by atoms with van der Waals surface area (Å²) in [6, 6.07) is 14.1. The van der Waals surface area contributed by atoms with E-state index >= 15 is 0 Å². The summed E-state index contributed by atoms with van der Waals surface area (Å²) in [4.78, 5) is 0. The van der Waals surface area contributed by atoms with Gasteiger partial charge in [0.25, 0.3) is 0 Å². The van der Waals surface area contributed by atoms with Crippen LogP contribution in [-0.2, 0) is 0 Å². The summed E-state index contributed by atoms with van der Waals surface area (Å²) in [5, 5.41) is 11.5. The van der Waals surface area contributed by atoms with Crippen LogP contribution in [0.2, 0.25) is 0 Å². The van der Waals surface area contributed by atoms with E-state index in [1.807, 2.05) is 42.5 Å². The Morgan fingerprint density at radius 2 is 1.83 bits per heavy atom. The third-order valence-corrected chi connectivity index (χ3v) is 3.74. The zero-order valence-corrected chi connectivity index (χ0v) is 11.3. The van der Waals surface area contributed by atoms with Crippen LogP contribution in [0.1, 0.15) is 11.5 Å². The van der Waals surface area contributed by atoms with E-state index in [9.17, 15) is 5.11 Å². The fraction of sp³-hybridized carbons (Fsp3) is 0.200. The van der Waals surface area contributed by atoms with Crippen molar-refractivity contribution in [2.45, 2.75) is 10.3 Å². The van der Waals surface area contributed by atoms with Gasteiger partial charge in [-0.1, -0.05) is 71.7 Å². The van der Waals surface area contributed by atoms with Crippen molar-refractivity contribution in [1.29, 1.82) is 0 Å². The Bertz CT molecular complexity index is 563. The fourth-order valence-electron chi connectivity index (χ4n) is 2.05. The van der Waals surface area contributed by atoms with E-state index in [0.717, 1.165) is 16.3 Å². The predicted molar refractivity (Wildman–Crippen MR) is 78.4 cm³/mol. The molecule has 0 unspecified atom stereocenters. The molecule has 0 saturated carbocycles. The molecule has 1 atom stereocenters. The van der Waals surface area contributed by atoms with E-state index in [1.165, 1.54) is 0 Å². The highest BCUT2D eigenvalue weighted by molar-refractivity contribution is 6.49. The van der Waals surface area contributed by atoms with Gasteiger partial charge in [-0.05, 0) is 16.3 Å². The molecule has 0 radical (unpaired) electrons. The average Bonchev–Trinajstić information content (AvgIpc) is 2.39. The Balaban J connectivity index is 2.49. The summed E-state index contributed by atoms with van der Waals surface area (Å²) >= 11 is 12.2. The minimum atomic E-state index is -1.25. The molecule has 1 N–H and O–H groups in total. The van der Waals surface area contributed by atoms with Crippen molar-refractivity contribution in [3.63, 3.8) is 0 Å². The maximum absolute atomic E-state index is 9.26. The number of allylic oxidation sites excluding steroid dienone is 1. The van der Waals surface area contributed by atoms with Crippen LogP contribution in [-0.4, -0.2) is 16.0 Å². The summed E-state index contributed by atoms with van der Waals surface area (Å²) in [7, 11) is 0. The topological polar surface area (TPSA) is 20.2 Å². The molecule has 18 heavy (non-hydrogen) atoms. The average molecular weight is 281 g/mol. The number of fused-ring (bicyclic) bond motifs is 1. The zero-order valence-electron chi connectivity index (χ0n) is 9.81.